The predicted octanol–water partition coefficient (Wildman–Crippen LogP) is 3.31. The lowest BCUT2D eigenvalue weighted by molar-refractivity contribution is -0.138. The number of carboxylic acids is 1. The standard InChI is InChI=1S/C15H21BrF2NO7PS/c1-4-25-27(22,26-5-2)15(17,18)11-7-6-10(8-12(11)16)9-13(14(20)21)19-28(3,23)24/h6-8,13,19H,4-5,9H2,1-3H3,(H,20,21). The first-order valence-electron chi connectivity index (χ1n) is 8.03. The van der Waals surface area contributed by atoms with E-state index < -0.39 is 40.9 Å². The summed E-state index contributed by atoms with van der Waals surface area (Å²) in [7, 11) is -8.60. The number of carboxylic acid groups (broad SMARTS) is 1. The molecule has 0 fully saturated rings. The summed E-state index contributed by atoms with van der Waals surface area (Å²) in [5, 5.41) is 9.15. The van der Waals surface area contributed by atoms with E-state index in [1.807, 2.05) is 4.72 Å². The van der Waals surface area contributed by atoms with Crippen molar-refractivity contribution < 1.29 is 40.7 Å². The maximum Gasteiger partial charge on any atom is 0.404 e. The van der Waals surface area contributed by atoms with Gasteiger partial charge in [-0.3, -0.25) is 9.36 Å². The van der Waals surface area contributed by atoms with Gasteiger partial charge in [-0.05, 0) is 31.9 Å². The summed E-state index contributed by atoms with van der Waals surface area (Å²) in [6, 6.07) is 1.87. The van der Waals surface area contributed by atoms with Crippen molar-refractivity contribution in [1.29, 1.82) is 0 Å². The maximum atomic E-state index is 14.9. The number of benzene rings is 1. The first kappa shape index (κ1) is 25.1. The molecular weight excluding hydrogens is 487 g/mol. The molecule has 0 amide bonds. The van der Waals surface area contributed by atoms with E-state index in [4.69, 9.17) is 14.2 Å². The summed E-state index contributed by atoms with van der Waals surface area (Å²) < 4.78 is 76.1. The number of carbonyl (C=O) groups is 1. The Bertz CT molecular complexity index is 856. The minimum absolute atomic E-state index is 0.155. The van der Waals surface area contributed by atoms with Gasteiger partial charge in [0.2, 0.25) is 10.0 Å². The molecule has 1 atom stereocenters. The van der Waals surface area contributed by atoms with Gasteiger partial charge in [0, 0.05) is 10.0 Å². The Balaban J connectivity index is 3.24. The van der Waals surface area contributed by atoms with Crippen LogP contribution < -0.4 is 4.72 Å². The normalized spacial score (nSPS) is 14.1. The number of aliphatic carboxylic acids is 1. The Morgan fingerprint density at radius 2 is 1.86 bits per heavy atom. The molecule has 0 radical (unpaired) electrons. The van der Waals surface area contributed by atoms with Gasteiger partial charge in [0.25, 0.3) is 0 Å². The fourth-order valence-corrected chi connectivity index (χ4v) is 5.39. The maximum absolute atomic E-state index is 14.9. The van der Waals surface area contributed by atoms with Gasteiger partial charge < -0.3 is 14.2 Å². The van der Waals surface area contributed by atoms with Crippen LogP contribution in [0.3, 0.4) is 0 Å². The summed E-state index contributed by atoms with van der Waals surface area (Å²) in [6.07, 6.45) is 0.517. The molecule has 13 heteroatoms. The van der Waals surface area contributed by atoms with Gasteiger partial charge in [-0.2, -0.15) is 8.78 Å². The minimum Gasteiger partial charge on any atom is -0.480 e. The molecular formula is C15H21BrF2NO7PS. The van der Waals surface area contributed by atoms with Crippen molar-refractivity contribution >= 4 is 39.5 Å². The number of hydrogen-bond donors (Lipinski definition) is 2. The zero-order valence-electron chi connectivity index (χ0n) is 15.3. The lowest BCUT2D eigenvalue weighted by atomic mass is 10.0. The summed E-state index contributed by atoms with van der Waals surface area (Å²) >= 11 is 2.97. The highest BCUT2D eigenvalue weighted by atomic mass is 79.9. The average molecular weight is 508 g/mol. The van der Waals surface area contributed by atoms with Crippen LogP contribution in [0.15, 0.2) is 22.7 Å². The number of sulfonamides is 1. The molecule has 1 aromatic carbocycles. The summed E-state index contributed by atoms with van der Waals surface area (Å²) in [6.45, 7) is 2.31. The topological polar surface area (TPSA) is 119 Å². The molecule has 2 N–H and O–H groups in total. The largest absolute Gasteiger partial charge is 0.480 e. The summed E-state index contributed by atoms with van der Waals surface area (Å²) in [4.78, 5) is 11.2. The molecule has 0 aromatic heterocycles. The third-order valence-corrected chi connectivity index (χ3v) is 6.89. The smallest absolute Gasteiger partial charge is 0.404 e. The van der Waals surface area contributed by atoms with Crippen LogP contribution in [0.5, 0.6) is 0 Å². The van der Waals surface area contributed by atoms with Crippen LogP contribution in [0.4, 0.5) is 8.78 Å². The monoisotopic (exact) mass is 507 g/mol. The molecule has 1 aromatic rings. The van der Waals surface area contributed by atoms with E-state index in [0.717, 1.165) is 12.3 Å². The van der Waals surface area contributed by atoms with Crippen LogP contribution in [-0.2, 0) is 40.5 Å². The Kier molecular flexibility index (Phi) is 8.73. The second-order valence-corrected chi connectivity index (χ2v) is 10.4. The van der Waals surface area contributed by atoms with Crippen molar-refractivity contribution in [1.82, 2.24) is 4.72 Å². The molecule has 0 aliphatic heterocycles. The third-order valence-electron chi connectivity index (χ3n) is 3.39. The van der Waals surface area contributed by atoms with Gasteiger partial charge in [0.05, 0.1) is 19.5 Å². The molecule has 1 unspecified atom stereocenters. The van der Waals surface area contributed by atoms with Crippen molar-refractivity contribution in [2.24, 2.45) is 0 Å². The number of rotatable bonds is 11. The fourth-order valence-electron chi connectivity index (χ4n) is 2.29. The first-order valence-corrected chi connectivity index (χ1v) is 12.3. The molecule has 1 rings (SSSR count). The van der Waals surface area contributed by atoms with Gasteiger partial charge in [0.1, 0.15) is 6.04 Å². The predicted molar refractivity (Wildman–Crippen MR) is 102 cm³/mol. The summed E-state index contributed by atoms with van der Waals surface area (Å²) in [5.74, 6) is -1.42. The van der Waals surface area contributed by atoms with Gasteiger partial charge in [0.15, 0.2) is 0 Å². The van der Waals surface area contributed by atoms with Crippen LogP contribution in [0.1, 0.15) is 25.0 Å². The molecule has 0 aliphatic carbocycles. The fraction of sp³-hybridized carbons (Fsp3) is 0.533. The second kappa shape index (κ2) is 9.73. The Morgan fingerprint density at radius 3 is 2.25 bits per heavy atom. The lowest BCUT2D eigenvalue weighted by Crippen LogP contribution is -2.41. The Morgan fingerprint density at radius 1 is 1.32 bits per heavy atom. The van der Waals surface area contributed by atoms with Gasteiger partial charge in [-0.15, -0.1) is 0 Å². The quantitative estimate of drug-likeness (QED) is 0.441. The minimum atomic E-state index is -4.81. The van der Waals surface area contributed by atoms with Gasteiger partial charge in [-0.1, -0.05) is 28.1 Å². The van der Waals surface area contributed by atoms with E-state index in [1.54, 1.807) is 0 Å². The number of halogens is 3. The Labute approximate surface area is 170 Å². The van der Waals surface area contributed by atoms with Crippen LogP contribution in [-0.4, -0.2) is 45.0 Å². The second-order valence-electron chi connectivity index (χ2n) is 5.67. The van der Waals surface area contributed by atoms with E-state index >= 15 is 0 Å². The molecule has 0 aliphatic rings. The SMILES string of the molecule is CCOP(=O)(OCC)C(F)(F)c1ccc(CC(NS(C)(=O)=O)C(=O)O)cc1Br. The molecule has 8 nitrogen and oxygen atoms in total. The number of alkyl halides is 2. The molecule has 0 heterocycles. The first-order chi connectivity index (χ1) is 12.8. The van der Waals surface area contributed by atoms with E-state index in [1.165, 1.54) is 26.0 Å². The van der Waals surface area contributed by atoms with E-state index in [0.29, 0.717) is 0 Å². The van der Waals surface area contributed by atoms with Crippen molar-refractivity contribution in [3.05, 3.63) is 33.8 Å². The highest BCUT2D eigenvalue weighted by Crippen LogP contribution is 2.67. The van der Waals surface area contributed by atoms with Crippen LogP contribution in [0, 0.1) is 0 Å². The molecule has 0 saturated carbocycles. The number of hydrogen-bond acceptors (Lipinski definition) is 6. The van der Waals surface area contributed by atoms with Gasteiger partial charge >= 0.3 is 19.2 Å². The third kappa shape index (κ3) is 6.30. The number of nitrogens with one attached hydrogen (secondary N) is 1. The molecule has 0 spiro atoms. The molecule has 28 heavy (non-hydrogen) atoms. The van der Waals surface area contributed by atoms with Gasteiger partial charge in [-0.25, -0.2) is 13.1 Å². The van der Waals surface area contributed by atoms with Crippen molar-refractivity contribution in [3.8, 4) is 0 Å². The van der Waals surface area contributed by atoms with Crippen LogP contribution in [0.2, 0.25) is 0 Å². The van der Waals surface area contributed by atoms with Crippen LogP contribution >= 0.6 is 23.5 Å². The van der Waals surface area contributed by atoms with Crippen molar-refractivity contribution in [3.63, 3.8) is 0 Å². The Hall–Kier alpha value is -0.910. The van der Waals surface area contributed by atoms with E-state index in [-0.39, 0.29) is 29.7 Å². The van der Waals surface area contributed by atoms with Crippen molar-refractivity contribution in [2.75, 3.05) is 19.5 Å². The van der Waals surface area contributed by atoms with E-state index in [9.17, 15) is 26.6 Å². The molecule has 0 saturated heterocycles. The van der Waals surface area contributed by atoms with Crippen LogP contribution in [0.25, 0.3) is 0 Å². The highest BCUT2D eigenvalue weighted by molar-refractivity contribution is 9.10. The molecule has 160 valence electrons. The lowest BCUT2D eigenvalue weighted by Gasteiger charge is -2.27. The summed E-state index contributed by atoms with van der Waals surface area (Å²) in [5.41, 5.74) is -4.37. The highest BCUT2D eigenvalue weighted by Gasteiger charge is 2.55. The molecule has 0 bridgehead atoms. The zero-order chi connectivity index (χ0) is 21.8. The average Bonchev–Trinajstić information content (AvgIpc) is 2.53. The van der Waals surface area contributed by atoms with E-state index in [2.05, 4.69) is 15.9 Å². The van der Waals surface area contributed by atoms with Crippen molar-refractivity contribution in [2.45, 2.75) is 32.0 Å². The zero-order valence-corrected chi connectivity index (χ0v) is 18.6.